The zero-order valence-electron chi connectivity index (χ0n) is 15.3. The summed E-state index contributed by atoms with van der Waals surface area (Å²) in [5.41, 5.74) is 1.78. The van der Waals surface area contributed by atoms with Crippen LogP contribution in [0, 0.1) is 11.8 Å². The molecule has 7 nitrogen and oxygen atoms in total. The van der Waals surface area contributed by atoms with E-state index in [1.54, 1.807) is 46.0 Å². The van der Waals surface area contributed by atoms with Crippen molar-refractivity contribution in [3.05, 3.63) is 94.2 Å². The van der Waals surface area contributed by atoms with Gasteiger partial charge in [-0.1, -0.05) is 35.3 Å². The van der Waals surface area contributed by atoms with E-state index >= 15 is 0 Å². The molecule has 0 unspecified atom stereocenters. The molecule has 0 atom stereocenters. The second-order valence-corrected chi connectivity index (χ2v) is 6.49. The molecule has 0 radical (unpaired) electrons. The lowest BCUT2D eigenvalue weighted by Gasteiger charge is -2.08. The van der Waals surface area contributed by atoms with E-state index < -0.39 is 5.97 Å². The summed E-state index contributed by atoms with van der Waals surface area (Å²) in [6, 6.07) is 13.8. The number of nitrogens with zero attached hydrogens (tertiary/aromatic N) is 4. The molecular formula is C22H16N4O3. The van der Waals surface area contributed by atoms with Gasteiger partial charge in [0.25, 0.3) is 5.56 Å². The van der Waals surface area contributed by atoms with E-state index in [1.807, 2.05) is 18.2 Å². The number of carboxylic acid groups (broad SMARTS) is 1. The second kappa shape index (κ2) is 7.82. The monoisotopic (exact) mass is 384 g/mol. The lowest BCUT2D eigenvalue weighted by atomic mass is 10.1. The van der Waals surface area contributed by atoms with Crippen molar-refractivity contribution in [2.24, 2.45) is 0 Å². The predicted octanol–water partition coefficient (Wildman–Crippen LogP) is 2.39. The topological polar surface area (TPSA) is 90.0 Å². The Labute approximate surface area is 165 Å². The van der Waals surface area contributed by atoms with Crippen LogP contribution in [0.4, 0.5) is 0 Å². The molecule has 0 aliphatic rings. The Morgan fingerprint density at radius 1 is 1.07 bits per heavy atom. The van der Waals surface area contributed by atoms with Gasteiger partial charge in [0, 0.05) is 24.0 Å². The smallest absolute Gasteiger partial charge is 0.335 e. The molecule has 29 heavy (non-hydrogen) atoms. The first-order chi connectivity index (χ1) is 14.1. The molecule has 0 fully saturated rings. The third kappa shape index (κ3) is 4.22. The largest absolute Gasteiger partial charge is 0.478 e. The van der Waals surface area contributed by atoms with E-state index in [9.17, 15) is 9.59 Å². The first-order valence-electron chi connectivity index (χ1n) is 8.88. The standard InChI is InChI=1S/C22H16N4O3/c27-21-13-19-8-3-16(2-1-10-26-11-9-23-24-26)12-20(19)15-25(21)14-17-4-6-18(7-5-17)22(28)29/h3-9,11-13,15H,10,14H2,(H,28,29). The van der Waals surface area contributed by atoms with Crippen molar-refractivity contribution in [2.75, 3.05) is 0 Å². The van der Waals surface area contributed by atoms with Crippen LogP contribution in [0.3, 0.4) is 0 Å². The van der Waals surface area contributed by atoms with Gasteiger partial charge in [-0.2, -0.15) is 0 Å². The molecular weight excluding hydrogens is 368 g/mol. The number of hydrogen-bond donors (Lipinski definition) is 1. The van der Waals surface area contributed by atoms with E-state index in [4.69, 9.17) is 5.11 Å². The average Bonchev–Trinajstić information content (AvgIpc) is 3.23. The Kier molecular flexibility index (Phi) is 4.91. The van der Waals surface area contributed by atoms with Crippen LogP contribution in [0.2, 0.25) is 0 Å². The van der Waals surface area contributed by atoms with Gasteiger partial charge in [0.15, 0.2) is 0 Å². The third-order valence-corrected chi connectivity index (χ3v) is 4.44. The highest BCUT2D eigenvalue weighted by Crippen LogP contribution is 2.14. The Morgan fingerprint density at radius 2 is 1.90 bits per heavy atom. The fourth-order valence-corrected chi connectivity index (χ4v) is 2.96. The van der Waals surface area contributed by atoms with Crippen LogP contribution >= 0.6 is 0 Å². The minimum absolute atomic E-state index is 0.121. The molecule has 2 aromatic heterocycles. The molecule has 0 aliphatic heterocycles. The molecule has 0 spiro atoms. The van der Waals surface area contributed by atoms with Crippen molar-refractivity contribution >= 4 is 16.7 Å². The minimum atomic E-state index is -0.975. The Morgan fingerprint density at radius 3 is 2.62 bits per heavy atom. The lowest BCUT2D eigenvalue weighted by Crippen LogP contribution is -2.19. The summed E-state index contributed by atoms with van der Waals surface area (Å²) in [5.74, 6) is 5.16. The zero-order valence-corrected chi connectivity index (χ0v) is 15.3. The molecule has 1 N–H and O–H groups in total. The van der Waals surface area contributed by atoms with Crippen LogP contribution < -0.4 is 5.56 Å². The normalized spacial score (nSPS) is 10.5. The van der Waals surface area contributed by atoms with Crippen LogP contribution in [0.5, 0.6) is 0 Å². The predicted molar refractivity (Wildman–Crippen MR) is 108 cm³/mol. The van der Waals surface area contributed by atoms with Gasteiger partial charge in [0.05, 0.1) is 18.3 Å². The van der Waals surface area contributed by atoms with Crippen molar-refractivity contribution in [1.82, 2.24) is 19.6 Å². The fraction of sp³-hybridized carbons (Fsp3) is 0.0909. The van der Waals surface area contributed by atoms with Gasteiger partial charge >= 0.3 is 5.97 Å². The maximum absolute atomic E-state index is 12.4. The van der Waals surface area contributed by atoms with Crippen molar-refractivity contribution < 1.29 is 9.90 Å². The van der Waals surface area contributed by atoms with Crippen molar-refractivity contribution in [1.29, 1.82) is 0 Å². The maximum Gasteiger partial charge on any atom is 0.335 e. The number of hydrogen-bond acceptors (Lipinski definition) is 4. The van der Waals surface area contributed by atoms with Crippen molar-refractivity contribution in [3.8, 4) is 11.8 Å². The minimum Gasteiger partial charge on any atom is -0.478 e. The fourth-order valence-electron chi connectivity index (χ4n) is 2.96. The highest BCUT2D eigenvalue weighted by Gasteiger charge is 2.05. The summed E-state index contributed by atoms with van der Waals surface area (Å²) in [4.78, 5) is 23.4. The van der Waals surface area contributed by atoms with Gasteiger partial charge in [0.2, 0.25) is 0 Å². The number of fused-ring (bicyclic) bond motifs is 1. The Hall–Kier alpha value is -4.18. The van der Waals surface area contributed by atoms with E-state index in [0.29, 0.717) is 13.1 Å². The Balaban J connectivity index is 1.59. The molecule has 7 heteroatoms. The second-order valence-electron chi connectivity index (χ2n) is 6.49. The highest BCUT2D eigenvalue weighted by atomic mass is 16.4. The molecule has 0 saturated carbocycles. The number of pyridine rings is 1. The molecule has 0 saturated heterocycles. The summed E-state index contributed by atoms with van der Waals surface area (Å²) in [6.07, 6.45) is 5.15. The molecule has 4 rings (SSSR count). The quantitative estimate of drug-likeness (QED) is 0.546. The molecule has 2 heterocycles. The van der Waals surface area contributed by atoms with Gasteiger partial charge in [-0.3, -0.25) is 4.79 Å². The molecule has 0 aliphatic carbocycles. The number of aromatic carboxylic acids is 1. The summed E-state index contributed by atoms with van der Waals surface area (Å²) in [5, 5.41) is 18.3. The number of carbonyl (C=O) groups is 1. The summed E-state index contributed by atoms with van der Waals surface area (Å²) < 4.78 is 3.24. The summed E-state index contributed by atoms with van der Waals surface area (Å²) in [7, 11) is 0. The van der Waals surface area contributed by atoms with Crippen LogP contribution in [0.25, 0.3) is 10.8 Å². The zero-order chi connectivity index (χ0) is 20.2. The van der Waals surface area contributed by atoms with Gasteiger partial charge in [-0.05, 0) is 40.6 Å². The van der Waals surface area contributed by atoms with E-state index in [1.165, 1.54) is 12.1 Å². The first-order valence-corrected chi connectivity index (χ1v) is 8.88. The number of benzene rings is 2. The first kappa shape index (κ1) is 18.2. The Bertz CT molecular complexity index is 1290. The lowest BCUT2D eigenvalue weighted by molar-refractivity contribution is 0.0697. The summed E-state index contributed by atoms with van der Waals surface area (Å²) in [6.45, 7) is 0.806. The van der Waals surface area contributed by atoms with E-state index in [2.05, 4.69) is 22.2 Å². The SMILES string of the molecule is O=C(O)c1ccc(Cn2cc3cc(C#CCn4ccnn4)ccc3cc2=O)cc1. The maximum atomic E-state index is 12.4. The third-order valence-electron chi connectivity index (χ3n) is 4.44. The van der Waals surface area contributed by atoms with Gasteiger partial charge in [-0.15, -0.1) is 5.10 Å². The van der Waals surface area contributed by atoms with Gasteiger partial charge in [-0.25, -0.2) is 9.48 Å². The summed E-state index contributed by atoms with van der Waals surface area (Å²) >= 11 is 0. The molecule has 142 valence electrons. The van der Waals surface area contributed by atoms with Crippen LogP contribution in [-0.4, -0.2) is 30.6 Å². The van der Waals surface area contributed by atoms with Crippen LogP contribution in [-0.2, 0) is 13.1 Å². The van der Waals surface area contributed by atoms with Crippen molar-refractivity contribution in [2.45, 2.75) is 13.1 Å². The van der Waals surface area contributed by atoms with E-state index in [0.717, 1.165) is 21.9 Å². The van der Waals surface area contributed by atoms with Crippen LogP contribution in [0.1, 0.15) is 21.5 Å². The molecule has 4 aromatic rings. The van der Waals surface area contributed by atoms with E-state index in [-0.39, 0.29) is 11.1 Å². The number of rotatable bonds is 4. The van der Waals surface area contributed by atoms with Crippen molar-refractivity contribution in [3.63, 3.8) is 0 Å². The molecule has 0 bridgehead atoms. The average molecular weight is 384 g/mol. The number of carboxylic acids is 1. The van der Waals surface area contributed by atoms with Gasteiger partial charge < -0.3 is 9.67 Å². The van der Waals surface area contributed by atoms with Crippen LogP contribution in [0.15, 0.2) is 71.9 Å². The molecule has 2 aromatic carbocycles. The highest BCUT2D eigenvalue weighted by molar-refractivity contribution is 5.87. The number of aromatic nitrogens is 4. The van der Waals surface area contributed by atoms with Gasteiger partial charge in [0.1, 0.15) is 6.54 Å². The molecule has 0 amide bonds.